The first-order valence-corrected chi connectivity index (χ1v) is 8.88. The largest absolute Gasteiger partial charge is 0.372 e. The molecule has 1 aromatic carbocycles. The zero-order chi connectivity index (χ0) is 17.9. The van der Waals surface area contributed by atoms with E-state index < -0.39 is 5.54 Å². The van der Waals surface area contributed by atoms with E-state index in [1.165, 1.54) is 0 Å². The molecule has 8 heteroatoms. The van der Waals surface area contributed by atoms with Crippen LogP contribution in [0.2, 0.25) is 0 Å². The smallest absolute Gasteiger partial charge is 0.252 e. The van der Waals surface area contributed by atoms with E-state index in [0.29, 0.717) is 6.04 Å². The van der Waals surface area contributed by atoms with Crippen molar-refractivity contribution in [3.63, 3.8) is 0 Å². The fraction of sp³-hybridized carbons (Fsp3) is 0.474. The Labute approximate surface area is 173 Å². The van der Waals surface area contributed by atoms with Crippen LogP contribution in [-0.2, 0) is 10.3 Å². The molecule has 1 fully saturated rings. The van der Waals surface area contributed by atoms with Crippen molar-refractivity contribution >= 4 is 42.1 Å². The average molecular weight is 414 g/mol. The highest BCUT2D eigenvalue weighted by Gasteiger charge is 2.42. The van der Waals surface area contributed by atoms with Crippen molar-refractivity contribution in [3.8, 4) is 0 Å². The van der Waals surface area contributed by atoms with Crippen molar-refractivity contribution in [2.24, 2.45) is 0 Å². The summed E-state index contributed by atoms with van der Waals surface area (Å²) in [4.78, 5) is 15.4. The van der Waals surface area contributed by atoms with Crippen molar-refractivity contribution < 1.29 is 4.79 Å². The predicted molar refractivity (Wildman–Crippen MR) is 115 cm³/mol. The zero-order valence-electron chi connectivity index (χ0n) is 16.0. The minimum Gasteiger partial charge on any atom is -0.372 e. The summed E-state index contributed by atoms with van der Waals surface area (Å²) in [5, 5.41) is 10.8. The second kappa shape index (κ2) is 9.97. The third-order valence-corrected chi connectivity index (χ3v) is 5.08. The van der Waals surface area contributed by atoms with Gasteiger partial charge in [0, 0.05) is 36.9 Å². The topological polar surface area (TPSA) is 62.2 Å². The van der Waals surface area contributed by atoms with Gasteiger partial charge in [-0.15, -0.1) is 24.8 Å². The number of nitrogens with zero attached hydrogens (tertiary/aromatic N) is 3. The number of benzene rings is 1. The Hall–Kier alpha value is -1.76. The van der Waals surface area contributed by atoms with Crippen molar-refractivity contribution in [1.29, 1.82) is 0 Å². The van der Waals surface area contributed by atoms with Crippen LogP contribution < -0.4 is 15.5 Å². The predicted octanol–water partition coefficient (Wildman–Crippen LogP) is 3.29. The van der Waals surface area contributed by atoms with Crippen molar-refractivity contribution in [3.05, 3.63) is 42.7 Å². The molecular formula is C19H29Cl2N5O. The van der Waals surface area contributed by atoms with E-state index in [-0.39, 0.29) is 30.7 Å². The molecule has 6 nitrogen and oxygen atoms in total. The van der Waals surface area contributed by atoms with Crippen LogP contribution in [-0.4, -0.2) is 41.9 Å². The number of amides is 1. The number of rotatable bonds is 5. The summed E-state index contributed by atoms with van der Waals surface area (Å²) in [7, 11) is 2.06. The average Bonchev–Trinajstić information content (AvgIpc) is 3.17. The maximum atomic E-state index is 13.2. The maximum Gasteiger partial charge on any atom is 0.252 e. The Morgan fingerprint density at radius 1 is 1.26 bits per heavy atom. The van der Waals surface area contributed by atoms with Crippen LogP contribution >= 0.6 is 24.8 Å². The van der Waals surface area contributed by atoms with Gasteiger partial charge in [0.1, 0.15) is 5.54 Å². The first kappa shape index (κ1) is 23.3. The molecule has 1 aliphatic heterocycles. The van der Waals surface area contributed by atoms with Gasteiger partial charge in [-0.25, -0.2) is 0 Å². The summed E-state index contributed by atoms with van der Waals surface area (Å²) in [5.74, 6) is 0.00190. The number of hydrogen-bond acceptors (Lipinski definition) is 4. The summed E-state index contributed by atoms with van der Waals surface area (Å²) >= 11 is 0. The van der Waals surface area contributed by atoms with Gasteiger partial charge in [-0.1, -0.05) is 6.07 Å². The Bertz CT molecular complexity index is 715. The molecule has 0 unspecified atom stereocenters. The fourth-order valence-corrected chi connectivity index (χ4v) is 3.27. The van der Waals surface area contributed by atoms with Gasteiger partial charge in [0.25, 0.3) is 5.91 Å². The third-order valence-electron chi connectivity index (χ3n) is 5.08. The van der Waals surface area contributed by atoms with E-state index in [1.807, 2.05) is 35.1 Å². The molecule has 1 aromatic heterocycles. The number of anilines is 2. The number of aromatic nitrogens is 2. The van der Waals surface area contributed by atoms with Gasteiger partial charge in [0.15, 0.2) is 0 Å². The highest BCUT2D eigenvalue weighted by atomic mass is 35.5. The van der Waals surface area contributed by atoms with Gasteiger partial charge in [-0.05, 0) is 64.0 Å². The monoisotopic (exact) mass is 413 g/mol. The molecule has 0 aliphatic carbocycles. The van der Waals surface area contributed by atoms with Crippen LogP contribution in [0.5, 0.6) is 0 Å². The molecule has 1 amide bonds. The van der Waals surface area contributed by atoms with Gasteiger partial charge in [-0.3, -0.25) is 9.48 Å². The number of halogens is 2. The molecule has 1 aliphatic rings. The maximum absolute atomic E-state index is 13.2. The Morgan fingerprint density at radius 3 is 2.56 bits per heavy atom. The van der Waals surface area contributed by atoms with E-state index in [0.717, 1.165) is 37.3 Å². The minimum atomic E-state index is -0.630. The molecule has 0 spiro atoms. The SMILES string of the molecule is CC(C)N(C)c1cccc(NC(=O)C2(n3cccn3)CCNCC2)c1.Cl.Cl. The molecule has 2 N–H and O–H groups in total. The molecule has 0 bridgehead atoms. The van der Waals surface area contributed by atoms with E-state index in [2.05, 4.69) is 47.6 Å². The first-order chi connectivity index (χ1) is 12.0. The summed E-state index contributed by atoms with van der Waals surface area (Å²) in [6.45, 7) is 5.91. The summed E-state index contributed by atoms with van der Waals surface area (Å²) in [6, 6.07) is 10.3. The van der Waals surface area contributed by atoms with Crippen LogP contribution in [0, 0.1) is 0 Å². The van der Waals surface area contributed by atoms with Crippen molar-refractivity contribution in [1.82, 2.24) is 15.1 Å². The number of nitrogens with one attached hydrogen (secondary N) is 2. The van der Waals surface area contributed by atoms with Gasteiger partial charge in [0.2, 0.25) is 0 Å². The standard InChI is InChI=1S/C19H27N5O.2ClH/c1-15(2)23(3)17-7-4-6-16(14-17)22-18(25)19(8-11-20-12-9-19)24-13-5-10-21-24;;/h4-7,10,13-15,20H,8-9,11-12H2,1-3H3,(H,22,25);2*1H. The molecular weight excluding hydrogens is 385 g/mol. The van der Waals surface area contributed by atoms with Crippen molar-refractivity contribution in [2.45, 2.75) is 38.3 Å². The summed E-state index contributed by atoms with van der Waals surface area (Å²) < 4.78 is 1.81. The number of hydrogen-bond donors (Lipinski definition) is 2. The van der Waals surface area contributed by atoms with Gasteiger partial charge < -0.3 is 15.5 Å². The quantitative estimate of drug-likeness (QED) is 0.788. The highest BCUT2D eigenvalue weighted by Crippen LogP contribution is 2.29. The van der Waals surface area contributed by atoms with Crippen LogP contribution in [0.1, 0.15) is 26.7 Å². The molecule has 150 valence electrons. The highest BCUT2D eigenvalue weighted by molar-refractivity contribution is 5.97. The summed E-state index contributed by atoms with van der Waals surface area (Å²) in [5.41, 5.74) is 1.28. The molecule has 0 atom stereocenters. The Balaban J connectivity index is 0.00000182. The Kier molecular flexibility index (Phi) is 8.59. The van der Waals surface area contributed by atoms with Gasteiger partial charge in [-0.2, -0.15) is 5.10 Å². The number of carbonyl (C=O) groups excluding carboxylic acids is 1. The summed E-state index contributed by atoms with van der Waals surface area (Å²) in [6.07, 6.45) is 5.07. The lowest BCUT2D eigenvalue weighted by Gasteiger charge is -2.36. The van der Waals surface area contributed by atoms with Crippen LogP contribution in [0.4, 0.5) is 11.4 Å². The lowest BCUT2D eigenvalue weighted by Crippen LogP contribution is -2.52. The number of piperidine rings is 1. The van der Waals surface area contributed by atoms with Crippen molar-refractivity contribution in [2.75, 3.05) is 30.4 Å². The molecule has 2 heterocycles. The van der Waals surface area contributed by atoms with E-state index in [9.17, 15) is 4.79 Å². The van der Waals surface area contributed by atoms with E-state index in [1.54, 1.807) is 6.20 Å². The number of carbonyl (C=O) groups is 1. The normalized spacial score (nSPS) is 15.4. The Morgan fingerprint density at radius 2 is 1.96 bits per heavy atom. The minimum absolute atomic E-state index is 0. The fourth-order valence-electron chi connectivity index (χ4n) is 3.27. The molecule has 0 saturated carbocycles. The second-order valence-corrected chi connectivity index (χ2v) is 6.94. The molecule has 2 aromatic rings. The lowest BCUT2D eigenvalue weighted by atomic mass is 9.87. The van der Waals surface area contributed by atoms with Crippen LogP contribution in [0.15, 0.2) is 42.7 Å². The first-order valence-electron chi connectivity index (χ1n) is 8.88. The molecule has 27 heavy (non-hydrogen) atoms. The molecule has 1 saturated heterocycles. The molecule has 0 radical (unpaired) electrons. The second-order valence-electron chi connectivity index (χ2n) is 6.94. The zero-order valence-corrected chi connectivity index (χ0v) is 17.6. The van der Waals surface area contributed by atoms with Crippen LogP contribution in [0.25, 0.3) is 0 Å². The van der Waals surface area contributed by atoms with Gasteiger partial charge >= 0.3 is 0 Å². The third kappa shape index (κ3) is 4.94. The van der Waals surface area contributed by atoms with Crippen LogP contribution in [0.3, 0.4) is 0 Å². The lowest BCUT2D eigenvalue weighted by molar-refractivity contribution is -0.126. The molecule has 3 rings (SSSR count). The van der Waals surface area contributed by atoms with E-state index >= 15 is 0 Å². The van der Waals surface area contributed by atoms with Gasteiger partial charge in [0.05, 0.1) is 0 Å². The van der Waals surface area contributed by atoms with E-state index in [4.69, 9.17) is 0 Å².